The van der Waals surface area contributed by atoms with Crippen molar-refractivity contribution in [1.29, 1.82) is 0 Å². The molecule has 132 valence electrons. The second-order valence-corrected chi connectivity index (χ2v) is 6.66. The molecule has 0 heterocycles. The summed E-state index contributed by atoms with van der Waals surface area (Å²) in [5.41, 5.74) is 0.765. The zero-order chi connectivity index (χ0) is 18.2. The van der Waals surface area contributed by atoms with E-state index < -0.39 is 6.04 Å². The fraction of sp³-hybridized carbons (Fsp3) is 0.263. The third-order valence-corrected chi connectivity index (χ3v) is 4.53. The maximum absolute atomic E-state index is 12.4. The van der Waals surface area contributed by atoms with Crippen LogP contribution in [0.2, 0.25) is 0 Å². The Kier molecular flexibility index (Phi) is 6.89. The summed E-state index contributed by atoms with van der Waals surface area (Å²) >= 11 is 1.40. The average Bonchev–Trinajstić information content (AvgIpc) is 2.64. The maximum atomic E-state index is 12.4. The van der Waals surface area contributed by atoms with Crippen LogP contribution in [0.1, 0.15) is 11.6 Å². The van der Waals surface area contributed by atoms with E-state index in [2.05, 4.69) is 5.32 Å². The van der Waals surface area contributed by atoms with Crippen LogP contribution in [0.3, 0.4) is 0 Å². The Morgan fingerprint density at radius 2 is 1.84 bits per heavy atom. The number of ether oxygens (including phenoxy) is 1. The second kappa shape index (κ2) is 9.13. The van der Waals surface area contributed by atoms with Gasteiger partial charge in [-0.2, -0.15) is 0 Å². The van der Waals surface area contributed by atoms with Crippen molar-refractivity contribution in [1.82, 2.24) is 10.2 Å². The van der Waals surface area contributed by atoms with Crippen molar-refractivity contribution in [3.63, 3.8) is 0 Å². The van der Waals surface area contributed by atoms with E-state index in [4.69, 9.17) is 4.74 Å². The van der Waals surface area contributed by atoms with E-state index in [0.29, 0.717) is 0 Å². The van der Waals surface area contributed by atoms with Crippen LogP contribution in [0, 0.1) is 0 Å². The molecule has 0 saturated heterocycles. The minimum Gasteiger partial charge on any atom is -0.497 e. The van der Waals surface area contributed by atoms with Crippen molar-refractivity contribution >= 4 is 23.6 Å². The molecule has 25 heavy (non-hydrogen) atoms. The van der Waals surface area contributed by atoms with Crippen LogP contribution in [0.25, 0.3) is 0 Å². The van der Waals surface area contributed by atoms with Gasteiger partial charge in [-0.15, -0.1) is 11.8 Å². The van der Waals surface area contributed by atoms with Gasteiger partial charge in [-0.25, -0.2) is 0 Å². The van der Waals surface area contributed by atoms with E-state index in [1.807, 2.05) is 54.6 Å². The van der Waals surface area contributed by atoms with Crippen molar-refractivity contribution < 1.29 is 14.3 Å². The number of hydrogen-bond donors (Lipinski definition) is 1. The summed E-state index contributed by atoms with van der Waals surface area (Å²) in [6, 6.07) is 16.1. The first-order chi connectivity index (χ1) is 12.0. The van der Waals surface area contributed by atoms with Gasteiger partial charge in [0.05, 0.1) is 12.9 Å². The summed E-state index contributed by atoms with van der Waals surface area (Å²) in [6.45, 7) is 0. The van der Waals surface area contributed by atoms with Gasteiger partial charge in [-0.3, -0.25) is 9.59 Å². The van der Waals surface area contributed by atoms with Gasteiger partial charge in [0.1, 0.15) is 11.8 Å². The van der Waals surface area contributed by atoms with Gasteiger partial charge < -0.3 is 15.0 Å². The molecule has 2 amide bonds. The highest BCUT2D eigenvalue weighted by Gasteiger charge is 2.24. The molecule has 1 N–H and O–H groups in total. The van der Waals surface area contributed by atoms with Crippen LogP contribution >= 0.6 is 11.8 Å². The molecule has 0 fully saturated rings. The molecule has 0 saturated carbocycles. The van der Waals surface area contributed by atoms with E-state index in [1.54, 1.807) is 21.2 Å². The normalized spacial score (nSPS) is 11.5. The van der Waals surface area contributed by atoms with Crippen molar-refractivity contribution in [3.05, 3.63) is 60.2 Å². The minimum absolute atomic E-state index is 0.161. The summed E-state index contributed by atoms with van der Waals surface area (Å²) in [4.78, 5) is 27.2. The van der Waals surface area contributed by atoms with E-state index in [0.717, 1.165) is 16.2 Å². The van der Waals surface area contributed by atoms with Crippen LogP contribution in [-0.4, -0.2) is 43.7 Å². The molecule has 2 rings (SSSR count). The summed E-state index contributed by atoms with van der Waals surface area (Å²) in [5.74, 6) is 0.607. The first kappa shape index (κ1) is 18.9. The van der Waals surface area contributed by atoms with Gasteiger partial charge in [0.25, 0.3) is 0 Å². The third kappa shape index (κ3) is 5.53. The number of likely N-dealkylation sites (N-methyl/N-ethyl adjacent to an activating group) is 1. The van der Waals surface area contributed by atoms with Gasteiger partial charge in [-0.1, -0.05) is 36.4 Å². The third-order valence-electron chi connectivity index (χ3n) is 3.54. The van der Waals surface area contributed by atoms with Gasteiger partial charge >= 0.3 is 0 Å². The predicted octanol–water partition coefficient (Wildman–Crippen LogP) is 2.73. The smallest absolute Gasteiger partial charge is 0.249 e. The number of carbonyl (C=O) groups is 2. The first-order valence-corrected chi connectivity index (χ1v) is 8.82. The Balaban J connectivity index is 2.03. The van der Waals surface area contributed by atoms with Crippen LogP contribution < -0.4 is 10.1 Å². The Labute approximate surface area is 152 Å². The van der Waals surface area contributed by atoms with Crippen molar-refractivity contribution in [2.24, 2.45) is 0 Å². The standard InChI is InChI=1S/C19H22N2O3S/c1-21(2)19(23)18(14-8-5-4-6-9-14)20-17(22)13-25-16-11-7-10-15(12-16)24-3/h4-12,18H,13H2,1-3H3,(H,20,22). The lowest BCUT2D eigenvalue weighted by Gasteiger charge is -2.22. The lowest BCUT2D eigenvalue weighted by atomic mass is 10.1. The van der Waals surface area contributed by atoms with Gasteiger partial charge in [0, 0.05) is 19.0 Å². The van der Waals surface area contributed by atoms with Crippen molar-refractivity contribution in [3.8, 4) is 5.75 Å². The number of rotatable bonds is 7. The largest absolute Gasteiger partial charge is 0.497 e. The van der Waals surface area contributed by atoms with Gasteiger partial charge in [-0.05, 0) is 23.8 Å². The van der Waals surface area contributed by atoms with Crippen LogP contribution in [0.5, 0.6) is 5.75 Å². The van der Waals surface area contributed by atoms with Crippen LogP contribution in [0.15, 0.2) is 59.5 Å². The molecule has 2 aromatic rings. The molecule has 1 unspecified atom stereocenters. The summed E-state index contributed by atoms with van der Waals surface area (Å²) < 4.78 is 5.18. The molecular formula is C19H22N2O3S. The topological polar surface area (TPSA) is 58.6 Å². The SMILES string of the molecule is COc1cccc(SCC(=O)NC(C(=O)N(C)C)c2ccccc2)c1. The predicted molar refractivity (Wildman–Crippen MR) is 99.7 cm³/mol. The molecule has 0 aliphatic carbocycles. The number of carbonyl (C=O) groups excluding carboxylic acids is 2. The Hall–Kier alpha value is -2.47. The minimum atomic E-state index is -0.686. The Morgan fingerprint density at radius 3 is 2.48 bits per heavy atom. The Bertz CT molecular complexity index is 720. The highest BCUT2D eigenvalue weighted by atomic mass is 32.2. The molecule has 0 spiro atoms. The molecular weight excluding hydrogens is 336 g/mol. The fourth-order valence-corrected chi connectivity index (χ4v) is 2.99. The average molecular weight is 358 g/mol. The molecule has 6 heteroatoms. The quantitative estimate of drug-likeness (QED) is 0.773. The van der Waals surface area contributed by atoms with E-state index in [1.165, 1.54) is 16.7 Å². The van der Waals surface area contributed by atoms with Gasteiger partial charge in [0.15, 0.2) is 0 Å². The maximum Gasteiger partial charge on any atom is 0.249 e. The molecule has 0 bridgehead atoms. The van der Waals surface area contributed by atoms with Crippen molar-refractivity contribution in [2.45, 2.75) is 10.9 Å². The molecule has 0 aliphatic heterocycles. The number of nitrogens with one attached hydrogen (secondary N) is 1. The zero-order valence-electron chi connectivity index (χ0n) is 14.6. The molecule has 2 aromatic carbocycles. The molecule has 5 nitrogen and oxygen atoms in total. The summed E-state index contributed by atoms with van der Waals surface area (Å²) in [6.07, 6.45) is 0. The number of thioether (sulfide) groups is 1. The molecule has 0 aliphatic rings. The van der Waals surface area contributed by atoms with Gasteiger partial charge in [0.2, 0.25) is 11.8 Å². The number of nitrogens with zero attached hydrogens (tertiary/aromatic N) is 1. The summed E-state index contributed by atoms with van der Waals surface area (Å²) in [5, 5.41) is 2.83. The molecule has 0 aromatic heterocycles. The highest BCUT2D eigenvalue weighted by molar-refractivity contribution is 8.00. The highest BCUT2D eigenvalue weighted by Crippen LogP contribution is 2.23. The Morgan fingerprint density at radius 1 is 1.12 bits per heavy atom. The van der Waals surface area contributed by atoms with E-state index in [9.17, 15) is 9.59 Å². The van der Waals surface area contributed by atoms with Crippen LogP contribution in [-0.2, 0) is 9.59 Å². The second-order valence-electron chi connectivity index (χ2n) is 5.61. The monoisotopic (exact) mass is 358 g/mol. The zero-order valence-corrected chi connectivity index (χ0v) is 15.4. The number of methoxy groups -OCH3 is 1. The lowest BCUT2D eigenvalue weighted by Crippen LogP contribution is -2.40. The van der Waals surface area contributed by atoms with E-state index in [-0.39, 0.29) is 17.6 Å². The number of benzene rings is 2. The van der Waals surface area contributed by atoms with Crippen molar-refractivity contribution in [2.75, 3.05) is 27.0 Å². The van der Waals surface area contributed by atoms with Crippen LogP contribution in [0.4, 0.5) is 0 Å². The number of hydrogen-bond acceptors (Lipinski definition) is 4. The number of amides is 2. The first-order valence-electron chi connectivity index (χ1n) is 7.83. The molecule has 0 radical (unpaired) electrons. The van der Waals surface area contributed by atoms with E-state index >= 15 is 0 Å². The molecule has 1 atom stereocenters. The summed E-state index contributed by atoms with van der Waals surface area (Å²) in [7, 11) is 4.96. The fourth-order valence-electron chi connectivity index (χ4n) is 2.23. The lowest BCUT2D eigenvalue weighted by molar-refractivity contribution is -0.134.